The molecule has 0 saturated heterocycles. The Labute approximate surface area is 128 Å². The van der Waals surface area contributed by atoms with Crippen LogP contribution >= 0.6 is 15.9 Å². The van der Waals surface area contributed by atoms with Crippen LogP contribution in [0.2, 0.25) is 0 Å². The molecule has 1 aliphatic rings. The summed E-state index contributed by atoms with van der Waals surface area (Å²) in [6.07, 6.45) is 4.34. The van der Waals surface area contributed by atoms with E-state index in [2.05, 4.69) is 15.9 Å². The fraction of sp³-hybridized carbons (Fsp3) is 0.533. The van der Waals surface area contributed by atoms with Crippen molar-refractivity contribution in [2.24, 2.45) is 0 Å². The number of Topliss-reactive ketones (excluding diaryl/α,β-unsaturated/α-hetero) is 1. The van der Waals surface area contributed by atoms with Gasteiger partial charge in [0.15, 0.2) is 15.6 Å². The Bertz CT molecular complexity index is 557. The minimum absolute atomic E-state index is 0.0131. The van der Waals surface area contributed by atoms with Gasteiger partial charge in [-0.1, -0.05) is 40.9 Å². The van der Waals surface area contributed by atoms with Crippen LogP contribution in [0, 0.1) is 0 Å². The molecule has 0 unspecified atom stereocenters. The molecule has 1 aliphatic carbocycles. The first kappa shape index (κ1) is 15.7. The first-order chi connectivity index (χ1) is 9.49. The van der Waals surface area contributed by atoms with E-state index in [4.69, 9.17) is 0 Å². The van der Waals surface area contributed by atoms with Crippen molar-refractivity contribution in [2.75, 3.05) is 5.75 Å². The maximum Gasteiger partial charge on any atom is 0.162 e. The molecular formula is C15H19BrO3S. The van der Waals surface area contributed by atoms with Crippen LogP contribution in [-0.2, 0) is 9.84 Å². The highest BCUT2D eigenvalue weighted by Gasteiger charge is 2.28. The first-order valence-corrected chi connectivity index (χ1v) is 9.50. The summed E-state index contributed by atoms with van der Waals surface area (Å²) in [6.45, 7) is 0. The molecule has 0 amide bonds. The summed E-state index contributed by atoms with van der Waals surface area (Å²) >= 11 is 3.32. The number of ketones is 1. The average Bonchev–Trinajstić information content (AvgIpc) is 2.94. The van der Waals surface area contributed by atoms with E-state index >= 15 is 0 Å². The quantitative estimate of drug-likeness (QED) is 0.727. The molecule has 3 nitrogen and oxygen atoms in total. The van der Waals surface area contributed by atoms with Crippen molar-refractivity contribution < 1.29 is 13.2 Å². The number of rotatable bonds is 6. The minimum atomic E-state index is -3.00. The maximum absolute atomic E-state index is 12.1. The Morgan fingerprint density at radius 2 is 1.75 bits per heavy atom. The van der Waals surface area contributed by atoms with Crippen molar-refractivity contribution >= 4 is 31.6 Å². The van der Waals surface area contributed by atoms with Gasteiger partial charge in [-0.2, -0.15) is 0 Å². The molecule has 2 rings (SSSR count). The molecule has 1 fully saturated rings. The highest BCUT2D eigenvalue weighted by molar-refractivity contribution is 9.10. The predicted molar refractivity (Wildman–Crippen MR) is 83.7 cm³/mol. The van der Waals surface area contributed by atoms with E-state index in [1.165, 1.54) is 0 Å². The van der Waals surface area contributed by atoms with Gasteiger partial charge in [0.25, 0.3) is 0 Å². The molecular weight excluding hydrogens is 340 g/mol. The Morgan fingerprint density at radius 1 is 1.15 bits per heavy atom. The van der Waals surface area contributed by atoms with Gasteiger partial charge >= 0.3 is 0 Å². The van der Waals surface area contributed by atoms with Gasteiger partial charge in [0.05, 0.1) is 11.0 Å². The lowest BCUT2D eigenvalue weighted by Crippen LogP contribution is -2.21. The van der Waals surface area contributed by atoms with Crippen LogP contribution in [0.15, 0.2) is 28.7 Å². The average molecular weight is 359 g/mol. The molecule has 20 heavy (non-hydrogen) atoms. The topological polar surface area (TPSA) is 51.2 Å². The fourth-order valence-electron chi connectivity index (χ4n) is 2.63. The Balaban J connectivity index is 1.83. The van der Waals surface area contributed by atoms with Crippen LogP contribution in [-0.4, -0.2) is 25.2 Å². The van der Waals surface area contributed by atoms with E-state index in [0.29, 0.717) is 18.4 Å². The van der Waals surface area contributed by atoms with Crippen molar-refractivity contribution in [1.29, 1.82) is 0 Å². The number of halogens is 1. The second-order valence-corrected chi connectivity index (χ2v) is 8.62. The number of hydrogen-bond acceptors (Lipinski definition) is 3. The molecule has 0 radical (unpaired) electrons. The van der Waals surface area contributed by atoms with Crippen LogP contribution in [0.4, 0.5) is 0 Å². The van der Waals surface area contributed by atoms with Gasteiger partial charge in [-0.25, -0.2) is 8.42 Å². The van der Waals surface area contributed by atoms with Gasteiger partial charge < -0.3 is 0 Å². The lowest BCUT2D eigenvalue weighted by atomic mass is 10.1. The standard InChI is InChI=1S/C15H19BrO3S/c16-13-9-7-12(8-10-13)15(17)6-3-11-20(18,19)14-4-1-2-5-14/h7-10,14H,1-6,11H2. The molecule has 0 N–H and O–H groups in total. The summed E-state index contributed by atoms with van der Waals surface area (Å²) < 4.78 is 25.1. The third-order valence-electron chi connectivity index (χ3n) is 3.81. The molecule has 1 aromatic carbocycles. The summed E-state index contributed by atoms with van der Waals surface area (Å²) in [7, 11) is -3.00. The van der Waals surface area contributed by atoms with Crippen molar-refractivity contribution in [2.45, 2.75) is 43.8 Å². The van der Waals surface area contributed by atoms with Gasteiger partial charge in [0.2, 0.25) is 0 Å². The highest BCUT2D eigenvalue weighted by atomic mass is 79.9. The minimum Gasteiger partial charge on any atom is -0.294 e. The molecule has 0 atom stereocenters. The van der Waals surface area contributed by atoms with Crippen molar-refractivity contribution in [3.63, 3.8) is 0 Å². The summed E-state index contributed by atoms with van der Waals surface area (Å²) in [5, 5.41) is -0.162. The van der Waals surface area contributed by atoms with Crippen molar-refractivity contribution in [3.05, 3.63) is 34.3 Å². The van der Waals surface area contributed by atoms with E-state index in [-0.39, 0.29) is 16.8 Å². The molecule has 0 heterocycles. The largest absolute Gasteiger partial charge is 0.294 e. The number of hydrogen-bond donors (Lipinski definition) is 0. The van der Waals surface area contributed by atoms with E-state index in [9.17, 15) is 13.2 Å². The lowest BCUT2D eigenvalue weighted by molar-refractivity contribution is 0.0982. The van der Waals surface area contributed by atoms with E-state index in [0.717, 1.165) is 30.2 Å². The van der Waals surface area contributed by atoms with Gasteiger partial charge in [-0.3, -0.25) is 4.79 Å². The number of benzene rings is 1. The van der Waals surface area contributed by atoms with Crippen molar-refractivity contribution in [3.8, 4) is 0 Å². The summed E-state index contributed by atoms with van der Waals surface area (Å²) in [5.41, 5.74) is 0.645. The molecule has 1 aromatic rings. The molecule has 110 valence electrons. The SMILES string of the molecule is O=C(CCCS(=O)(=O)C1CCCC1)c1ccc(Br)cc1. The molecule has 0 bridgehead atoms. The third-order valence-corrected chi connectivity index (χ3v) is 6.68. The number of carbonyl (C=O) groups excluding carboxylic acids is 1. The Kier molecular flexibility index (Phi) is 5.38. The van der Waals surface area contributed by atoms with Crippen LogP contribution in [0.25, 0.3) is 0 Å². The normalized spacial score (nSPS) is 16.4. The van der Waals surface area contributed by atoms with E-state index in [1.807, 2.05) is 12.1 Å². The molecule has 5 heteroatoms. The number of carbonyl (C=O) groups is 1. The summed E-state index contributed by atoms with van der Waals surface area (Å²) in [5.74, 6) is 0.152. The van der Waals surface area contributed by atoms with Gasteiger partial charge in [-0.15, -0.1) is 0 Å². The number of sulfone groups is 1. The molecule has 0 spiro atoms. The fourth-order valence-corrected chi connectivity index (χ4v) is 4.82. The Hall–Kier alpha value is -0.680. The van der Waals surface area contributed by atoms with E-state index in [1.54, 1.807) is 12.1 Å². The zero-order valence-electron chi connectivity index (χ0n) is 11.3. The van der Waals surface area contributed by atoms with Gasteiger partial charge in [-0.05, 0) is 31.4 Å². The Morgan fingerprint density at radius 3 is 2.35 bits per heavy atom. The summed E-state index contributed by atoms with van der Waals surface area (Å²) in [6, 6.07) is 7.17. The molecule has 0 aromatic heterocycles. The molecule has 1 saturated carbocycles. The van der Waals surface area contributed by atoms with Crippen molar-refractivity contribution in [1.82, 2.24) is 0 Å². The third kappa shape index (κ3) is 4.16. The summed E-state index contributed by atoms with van der Waals surface area (Å²) in [4.78, 5) is 12.0. The lowest BCUT2D eigenvalue weighted by Gasteiger charge is -2.10. The zero-order chi connectivity index (χ0) is 14.6. The van der Waals surface area contributed by atoms with Gasteiger partial charge in [0, 0.05) is 16.5 Å². The zero-order valence-corrected chi connectivity index (χ0v) is 13.7. The van der Waals surface area contributed by atoms with Gasteiger partial charge in [0.1, 0.15) is 0 Å². The molecule has 0 aliphatic heterocycles. The monoisotopic (exact) mass is 358 g/mol. The maximum atomic E-state index is 12.1. The second-order valence-electron chi connectivity index (χ2n) is 5.31. The highest BCUT2D eigenvalue weighted by Crippen LogP contribution is 2.25. The predicted octanol–water partition coefficient (Wildman–Crippen LogP) is 3.77. The smallest absolute Gasteiger partial charge is 0.162 e. The van der Waals surface area contributed by atoms with Crippen LogP contribution in [0.3, 0.4) is 0 Å². The van der Waals surface area contributed by atoms with E-state index < -0.39 is 9.84 Å². The van der Waals surface area contributed by atoms with Crippen LogP contribution in [0.1, 0.15) is 48.9 Å². The second kappa shape index (κ2) is 6.85. The van der Waals surface area contributed by atoms with Crippen LogP contribution in [0.5, 0.6) is 0 Å². The van der Waals surface area contributed by atoms with Crippen LogP contribution < -0.4 is 0 Å². The first-order valence-electron chi connectivity index (χ1n) is 6.99.